The first-order valence-corrected chi connectivity index (χ1v) is 14.9. The molecule has 3 aromatic rings. The molecule has 224 valence electrons. The fourth-order valence-corrected chi connectivity index (χ4v) is 6.02. The van der Waals surface area contributed by atoms with Crippen LogP contribution in [0.2, 0.25) is 0 Å². The molecule has 0 bridgehead atoms. The number of carbonyl (C=O) groups excluding carboxylic acids is 2. The van der Waals surface area contributed by atoms with E-state index in [1.54, 1.807) is 18.5 Å². The van der Waals surface area contributed by atoms with Crippen molar-refractivity contribution in [3.8, 4) is 11.5 Å². The molecule has 8 heteroatoms. The number of benzene rings is 1. The van der Waals surface area contributed by atoms with Crippen LogP contribution in [0, 0.1) is 5.41 Å². The third-order valence-corrected chi connectivity index (χ3v) is 8.28. The van der Waals surface area contributed by atoms with Crippen LogP contribution < -0.4 is 15.5 Å². The highest BCUT2D eigenvalue weighted by Crippen LogP contribution is 2.53. The van der Waals surface area contributed by atoms with Crippen LogP contribution in [0.15, 0.2) is 48.8 Å². The molecule has 4 N–H and O–H groups in total. The molecule has 2 atom stereocenters. The summed E-state index contributed by atoms with van der Waals surface area (Å²) in [5.74, 6) is -0.0291. The fraction of sp³-hybridized carbons (Fsp3) is 0.441. The number of hydrogen-bond acceptors (Lipinski definition) is 7. The maximum atomic E-state index is 12.7. The summed E-state index contributed by atoms with van der Waals surface area (Å²) >= 11 is 0. The quantitative estimate of drug-likeness (QED) is 0.150. The normalized spacial score (nSPS) is 17.6. The van der Waals surface area contributed by atoms with Gasteiger partial charge in [0.15, 0.2) is 11.5 Å². The number of aliphatic hydroxyl groups is 1. The molecule has 0 radical (unpaired) electrons. The third kappa shape index (κ3) is 7.10. The van der Waals surface area contributed by atoms with E-state index in [0.29, 0.717) is 30.6 Å². The lowest BCUT2D eigenvalue weighted by Crippen LogP contribution is -2.37. The Labute approximate surface area is 248 Å². The monoisotopic (exact) mass is 572 g/mol. The standard InChI is InChI=1S/C34H42N3O5/c1-3-4-5-6-7-10-25(39)20-26(40)12-11-23-18-29(32(41)30(19-23)42-2)31-27-14-17-37-33(35)28(27)13-15-34(31,22-38)21-24-9-8-16-36-24/h8-9,13-19,31,38,41H,3-7,10-12,20-22H2,1-2H3,(H2,35,37)/q-1. The minimum absolute atomic E-state index is 0.00822. The number of nitrogen functional groups attached to an aromatic ring is 1. The number of phenols is 1. The van der Waals surface area contributed by atoms with Crippen LogP contribution in [0.1, 0.15) is 92.2 Å². The smallest absolute Gasteiger partial charge is 0.161 e. The first-order chi connectivity index (χ1) is 20.3. The zero-order valence-electron chi connectivity index (χ0n) is 24.6. The molecule has 2 heterocycles. The first kappa shape index (κ1) is 31.0. The Kier molecular flexibility index (Phi) is 10.6. The van der Waals surface area contributed by atoms with Crippen LogP contribution in [0.3, 0.4) is 0 Å². The molecular formula is C34H42N3O5-. The number of ether oxygens (including phenoxy) is 1. The van der Waals surface area contributed by atoms with Crippen LogP contribution in [-0.4, -0.2) is 40.5 Å². The number of carbonyl (C=O) groups is 2. The van der Waals surface area contributed by atoms with Gasteiger partial charge in [-0.2, -0.15) is 11.9 Å². The van der Waals surface area contributed by atoms with Crippen molar-refractivity contribution < 1.29 is 24.5 Å². The van der Waals surface area contributed by atoms with Gasteiger partial charge in [0.1, 0.15) is 17.4 Å². The van der Waals surface area contributed by atoms with Crippen LogP contribution in [0.5, 0.6) is 11.5 Å². The van der Waals surface area contributed by atoms with Crippen LogP contribution in [0.4, 0.5) is 5.82 Å². The van der Waals surface area contributed by atoms with Gasteiger partial charge in [-0.3, -0.25) is 9.59 Å². The van der Waals surface area contributed by atoms with Gasteiger partial charge in [-0.25, -0.2) is 4.98 Å². The van der Waals surface area contributed by atoms with Crippen molar-refractivity contribution in [1.82, 2.24) is 9.97 Å². The van der Waals surface area contributed by atoms with Crippen molar-refractivity contribution >= 4 is 23.5 Å². The maximum absolute atomic E-state index is 12.7. The number of fused-ring (bicyclic) bond motifs is 1. The van der Waals surface area contributed by atoms with E-state index in [1.165, 1.54) is 13.5 Å². The van der Waals surface area contributed by atoms with E-state index < -0.39 is 11.3 Å². The van der Waals surface area contributed by atoms with Gasteiger partial charge in [0.25, 0.3) is 0 Å². The second kappa shape index (κ2) is 14.3. The van der Waals surface area contributed by atoms with Crippen LogP contribution in [0.25, 0.3) is 6.08 Å². The van der Waals surface area contributed by atoms with E-state index in [9.17, 15) is 19.8 Å². The summed E-state index contributed by atoms with van der Waals surface area (Å²) in [6.07, 6.45) is 13.8. The van der Waals surface area contributed by atoms with E-state index in [4.69, 9.17) is 10.5 Å². The summed E-state index contributed by atoms with van der Waals surface area (Å²) in [4.78, 5) is 33.8. The van der Waals surface area contributed by atoms with Crippen molar-refractivity contribution in [3.05, 3.63) is 76.7 Å². The Bertz CT molecular complexity index is 1400. The number of Topliss-reactive ketones (excluding diaryl/α,β-unsaturated/α-hetero) is 2. The number of rotatable bonds is 16. The predicted molar refractivity (Wildman–Crippen MR) is 163 cm³/mol. The van der Waals surface area contributed by atoms with Crippen molar-refractivity contribution in [1.29, 1.82) is 0 Å². The molecule has 2 unspecified atom stereocenters. The molecule has 8 nitrogen and oxygen atoms in total. The molecule has 0 amide bonds. The minimum Gasteiger partial charge on any atom is -0.668 e. The largest absolute Gasteiger partial charge is 0.668 e. The molecule has 4 rings (SSSR count). The maximum Gasteiger partial charge on any atom is 0.161 e. The topological polar surface area (TPSA) is 137 Å². The third-order valence-electron chi connectivity index (χ3n) is 8.28. The van der Waals surface area contributed by atoms with Gasteiger partial charge in [-0.1, -0.05) is 63.0 Å². The number of anilines is 1. The predicted octanol–water partition coefficient (Wildman–Crippen LogP) is 5.54. The van der Waals surface area contributed by atoms with Gasteiger partial charge in [0, 0.05) is 41.5 Å². The summed E-state index contributed by atoms with van der Waals surface area (Å²) in [5, 5.41) is 22.3. The van der Waals surface area contributed by atoms with Gasteiger partial charge in [-0.15, -0.1) is 0 Å². The van der Waals surface area contributed by atoms with Gasteiger partial charge in [0.05, 0.1) is 20.1 Å². The molecule has 0 saturated carbocycles. The molecule has 1 aromatic carbocycles. The van der Waals surface area contributed by atoms with Gasteiger partial charge in [0.2, 0.25) is 0 Å². The number of phenolic OH excluding ortho intramolecular Hbond substituents is 1. The second-order valence-corrected chi connectivity index (χ2v) is 11.3. The Balaban J connectivity index is 1.62. The SMILES string of the molecule is CCCCCCCC(=O)CC(=O)CCc1cc(OC)c(O)c(C2c3ccnc(N)c3C=CC2(CO)Cc2ccc[n-]2)c1. The number of nitrogens with two attached hydrogens (primary N) is 1. The minimum atomic E-state index is -0.845. The Hall–Kier alpha value is -3.91. The lowest BCUT2D eigenvalue weighted by atomic mass is 9.63. The fourth-order valence-electron chi connectivity index (χ4n) is 6.02. The van der Waals surface area contributed by atoms with Crippen LogP contribution in [-0.2, 0) is 22.4 Å². The average Bonchev–Trinajstić information content (AvgIpc) is 3.49. The lowest BCUT2D eigenvalue weighted by Gasteiger charge is -2.42. The number of aromatic hydroxyl groups is 1. The lowest BCUT2D eigenvalue weighted by molar-refractivity contribution is -0.127. The number of ketones is 2. The molecule has 2 aromatic heterocycles. The van der Waals surface area contributed by atoms with E-state index in [1.807, 2.05) is 36.4 Å². The van der Waals surface area contributed by atoms with Crippen LogP contribution >= 0.6 is 0 Å². The highest BCUT2D eigenvalue weighted by molar-refractivity contribution is 5.99. The number of aryl methyl sites for hydroxylation is 1. The first-order valence-electron chi connectivity index (χ1n) is 14.9. The summed E-state index contributed by atoms with van der Waals surface area (Å²) in [7, 11) is 1.48. The number of aliphatic hydroxyl groups excluding tert-OH is 1. The van der Waals surface area contributed by atoms with E-state index in [0.717, 1.165) is 48.1 Å². The van der Waals surface area contributed by atoms with E-state index in [2.05, 4.69) is 16.9 Å². The van der Waals surface area contributed by atoms with E-state index >= 15 is 0 Å². The summed E-state index contributed by atoms with van der Waals surface area (Å²) in [6, 6.07) is 9.22. The summed E-state index contributed by atoms with van der Waals surface area (Å²) in [5.41, 5.74) is 9.11. The molecule has 0 fully saturated rings. The van der Waals surface area contributed by atoms with Crippen molar-refractivity contribution in [2.75, 3.05) is 19.5 Å². The highest BCUT2D eigenvalue weighted by Gasteiger charge is 2.43. The molecule has 0 saturated heterocycles. The number of unbranched alkanes of at least 4 members (excludes halogenated alkanes) is 4. The number of pyridine rings is 1. The zero-order valence-corrected chi connectivity index (χ0v) is 24.6. The molecular weight excluding hydrogens is 530 g/mol. The Morgan fingerprint density at radius 2 is 1.88 bits per heavy atom. The number of hydrogen-bond donors (Lipinski definition) is 3. The van der Waals surface area contributed by atoms with Gasteiger partial charge < -0.3 is 25.7 Å². The molecule has 1 aliphatic carbocycles. The highest BCUT2D eigenvalue weighted by atomic mass is 16.5. The van der Waals surface area contributed by atoms with Crippen molar-refractivity contribution in [2.45, 2.75) is 77.0 Å². The number of aromatic nitrogens is 2. The average molecular weight is 573 g/mol. The van der Waals surface area contributed by atoms with Crippen molar-refractivity contribution in [3.63, 3.8) is 0 Å². The Morgan fingerprint density at radius 1 is 1.10 bits per heavy atom. The number of nitrogens with zero attached hydrogens (tertiary/aromatic N) is 2. The van der Waals surface area contributed by atoms with Gasteiger partial charge in [-0.05, 0) is 42.5 Å². The molecule has 42 heavy (non-hydrogen) atoms. The van der Waals surface area contributed by atoms with Crippen molar-refractivity contribution in [2.24, 2.45) is 5.41 Å². The Morgan fingerprint density at radius 3 is 2.60 bits per heavy atom. The molecule has 0 aliphatic heterocycles. The molecule has 1 aliphatic rings. The second-order valence-electron chi connectivity index (χ2n) is 11.3. The summed E-state index contributed by atoms with van der Waals surface area (Å²) < 4.78 is 5.56. The number of methoxy groups -OCH3 is 1. The van der Waals surface area contributed by atoms with Gasteiger partial charge >= 0.3 is 0 Å². The molecule has 0 spiro atoms. The van der Waals surface area contributed by atoms with E-state index in [-0.39, 0.29) is 42.5 Å². The zero-order chi connectivity index (χ0) is 30.1. The summed E-state index contributed by atoms with van der Waals surface area (Å²) in [6.45, 7) is 1.94.